The van der Waals surface area contributed by atoms with E-state index in [4.69, 9.17) is 14.8 Å². The molecule has 1 aromatic carbocycles. The highest BCUT2D eigenvalue weighted by Crippen LogP contribution is 2.28. The first-order valence-electron chi connectivity index (χ1n) is 4.49. The summed E-state index contributed by atoms with van der Waals surface area (Å²) >= 11 is 0. The number of hydrogen-bond acceptors (Lipinski definition) is 4. The largest absolute Gasteiger partial charge is 0.492 e. The van der Waals surface area contributed by atoms with E-state index in [-0.39, 0.29) is 18.0 Å². The van der Waals surface area contributed by atoms with Crippen molar-refractivity contribution in [2.75, 3.05) is 18.6 Å². The van der Waals surface area contributed by atoms with E-state index in [1.54, 1.807) is 25.2 Å². The molecule has 78 valence electrons. The smallest absolute Gasteiger partial charge is 0.482 e. The molecule has 0 unspecified atom stereocenters. The van der Waals surface area contributed by atoms with Crippen molar-refractivity contribution < 1.29 is 19.6 Å². The van der Waals surface area contributed by atoms with Gasteiger partial charge in [-0.25, -0.2) is 0 Å². The number of rotatable bonds is 1. The third-order valence-corrected chi connectivity index (χ3v) is 2.38. The average molecular weight is 207 g/mol. The Kier molecular flexibility index (Phi) is 2.38. The Morgan fingerprint density at radius 2 is 2.20 bits per heavy atom. The quantitative estimate of drug-likeness (QED) is 0.563. The number of likely N-dealkylation sites (N-methyl/N-ethyl adjacent to an activating group) is 1. The summed E-state index contributed by atoms with van der Waals surface area (Å²) in [6.45, 7) is -0.0762. The van der Waals surface area contributed by atoms with E-state index < -0.39 is 7.12 Å². The van der Waals surface area contributed by atoms with Gasteiger partial charge in [0.25, 0.3) is 5.91 Å². The number of amides is 1. The summed E-state index contributed by atoms with van der Waals surface area (Å²) in [4.78, 5) is 12.7. The fraction of sp³-hybridized carbons (Fsp3) is 0.222. The molecule has 1 aliphatic rings. The van der Waals surface area contributed by atoms with Crippen LogP contribution in [0, 0.1) is 0 Å². The minimum absolute atomic E-state index is 0.0762. The Morgan fingerprint density at radius 1 is 1.47 bits per heavy atom. The highest BCUT2D eigenvalue weighted by Gasteiger charge is 2.27. The maximum absolute atomic E-state index is 11.3. The van der Waals surface area contributed by atoms with E-state index in [0.717, 1.165) is 0 Å². The molecule has 1 aromatic rings. The number of carbonyl (C=O) groups excluding carboxylic acids is 1. The fourth-order valence-corrected chi connectivity index (χ4v) is 1.53. The number of fused-ring (bicyclic) bond motifs is 1. The van der Waals surface area contributed by atoms with E-state index in [1.165, 1.54) is 4.90 Å². The molecule has 0 aliphatic carbocycles. The molecule has 0 bridgehead atoms. The van der Waals surface area contributed by atoms with Gasteiger partial charge < -0.3 is 19.7 Å². The minimum atomic E-state index is -1.60. The molecule has 5 nitrogen and oxygen atoms in total. The van der Waals surface area contributed by atoms with Gasteiger partial charge in [-0.1, -0.05) is 12.1 Å². The van der Waals surface area contributed by atoms with Crippen LogP contribution in [-0.2, 0) is 4.79 Å². The number of carbonyl (C=O) groups is 1. The number of anilines is 1. The summed E-state index contributed by atoms with van der Waals surface area (Å²) in [5.41, 5.74) is 0.823. The van der Waals surface area contributed by atoms with Crippen molar-refractivity contribution in [3.63, 3.8) is 0 Å². The molecule has 1 aliphatic heterocycles. The predicted octanol–water partition coefficient (Wildman–Crippen LogP) is -1.28. The molecule has 0 atom stereocenters. The van der Waals surface area contributed by atoms with Crippen LogP contribution in [0.1, 0.15) is 0 Å². The maximum atomic E-state index is 11.3. The van der Waals surface area contributed by atoms with Crippen molar-refractivity contribution in [1.82, 2.24) is 0 Å². The standard InChI is InChI=1S/C9H10BNO4/c1-11-7-4-2-3-6(10(13)14)9(7)15-5-8(11)12/h2-4,13-14H,5H2,1H3. The zero-order valence-electron chi connectivity index (χ0n) is 8.17. The molecule has 1 heterocycles. The van der Waals surface area contributed by atoms with Crippen molar-refractivity contribution in [2.45, 2.75) is 0 Å². The van der Waals surface area contributed by atoms with Crippen LogP contribution in [0.15, 0.2) is 18.2 Å². The zero-order chi connectivity index (χ0) is 11.0. The van der Waals surface area contributed by atoms with E-state index in [2.05, 4.69) is 0 Å². The second-order valence-corrected chi connectivity index (χ2v) is 3.31. The van der Waals surface area contributed by atoms with Gasteiger partial charge in [-0.05, 0) is 6.07 Å². The number of para-hydroxylation sites is 1. The number of benzene rings is 1. The van der Waals surface area contributed by atoms with Gasteiger partial charge in [0.15, 0.2) is 6.61 Å². The van der Waals surface area contributed by atoms with E-state index in [1.807, 2.05) is 0 Å². The molecule has 0 saturated heterocycles. The molecule has 1 amide bonds. The second-order valence-electron chi connectivity index (χ2n) is 3.31. The summed E-state index contributed by atoms with van der Waals surface area (Å²) in [5.74, 6) is 0.196. The Morgan fingerprint density at radius 3 is 2.87 bits per heavy atom. The molecule has 0 radical (unpaired) electrons. The van der Waals surface area contributed by atoms with Crippen LogP contribution in [-0.4, -0.2) is 36.7 Å². The first-order valence-corrected chi connectivity index (χ1v) is 4.49. The third-order valence-electron chi connectivity index (χ3n) is 2.38. The first kappa shape index (κ1) is 10.0. The Labute approximate surface area is 87.0 Å². The van der Waals surface area contributed by atoms with Crippen molar-refractivity contribution in [3.8, 4) is 5.75 Å². The maximum Gasteiger partial charge on any atom is 0.492 e. The first-order chi connectivity index (χ1) is 7.11. The Bertz CT molecular complexity index is 407. The average Bonchev–Trinajstić information content (AvgIpc) is 2.23. The molecule has 15 heavy (non-hydrogen) atoms. The molecule has 0 spiro atoms. The van der Waals surface area contributed by atoms with Crippen LogP contribution in [0.2, 0.25) is 0 Å². The summed E-state index contributed by atoms with van der Waals surface area (Å²) in [7, 11) is 0.0265. The SMILES string of the molecule is CN1C(=O)COc2c(B(O)O)cccc21. The summed E-state index contributed by atoms with van der Waals surface area (Å²) in [5, 5.41) is 18.2. The topological polar surface area (TPSA) is 70.0 Å². The molecule has 2 rings (SSSR count). The fourth-order valence-electron chi connectivity index (χ4n) is 1.53. The number of ether oxygens (including phenoxy) is 1. The van der Waals surface area contributed by atoms with Crippen LogP contribution in [0.25, 0.3) is 0 Å². The van der Waals surface area contributed by atoms with Gasteiger partial charge in [0.2, 0.25) is 0 Å². The summed E-state index contributed by atoms with van der Waals surface area (Å²) in [6.07, 6.45) is 0. The van der Waals surface area contributed by atoms with Crippen molar-refractivity contribution in [3.05, 3.63) is 18.2 Å². The van der Waals surface area contributed by atoms with Gasteiger partial charge in [0.1, 0.15) is 5.75 Å². The van der Waals surface area contributed by atoms with Gasteiger partial charge >= 0.3 is 7.12 Å². The lowest BCUT2D eigenvalue weighted by Crippen LogP contribution is -2.40. The van der Waals surface area contributed by atoms with Gasteiger partial charge in [0, 0.05) is 12.5 Å². The number of nitrogens with zero attached hydrogens (tertiary/aromatic N) is 1. The van der Waals surface area contributed by atoms with Crippen molar-refractivity contribution in [1.29, 1.82) is 0 Å². The molecule has 0 saturated carbocycles. The third kappa shape index (κ3) is 1.58. The second kappa shape index (κ2) is 3.56. The van der Waals surface area contributed by atoms with Crippen molar-refractivity contribution >= 4 is 24.2 Å². The van der Waals surface area contributed by atoms with Gasteiger partial charge in [-0.3, -0.25) is 4.79 Å². The van der Waals surface area contributed by atoms with E-state index >= 15 is 0 Å². The Balaban J connectivity index is 2.53. The summed E-state index contributed by atoms with van der Waals surface area (Å²) in [6, 6.07) is 4.89. The predicted molar refractivity (Wildman–Crippen MR) is 55.2 cm³/mol. The van der Waals surface area contributed by atoms with E-state index in [0.29, 0.717) is 11.4 Å². The van der Waals surface area contributed by atoms with Crippen LogP contribution >= 0.6 is 0 Å². The van der Waals surface area contributed by atoms with Gasteiger partial charge in [-0.2, -0.15) is 0 Å². The number of hydrogen-bond donors (Lipinski definition) is 2. The zero-order valence-corrected chi connectivity index (χ0v) is 8.17. The van der Waals surface area contributed by atoms with Crippen LogP contribution < -0.4 is 15.1 Å². The molecule has 0 fully saturated rings. The lowest BCUT2D eigenvalue weighted by atomic mass is 9.79. The van der Waals surface area contributed by atoms with Crippen LogP contribution in [0.4, 0.5) is 5.69 Å². The highest BCUT2D eigenvalue weighted by molar-refractivity contribution is 6.60. The molecular weight excluding hydrogens is 197 g/mol. The van der Waals surface area contributed by atoms with Gasteiger partial charge in [-0.15, -0.1) is 0 Å². The minimum Gasteiger partial charge on any atom is -0.482 e. The van der Waals surface area contributed by atoms with E-state index in [9.17, 15) is 4.79 Å². The molecular formula is C9H10BNO4. The molecule has 6 heteroatoms. The highest BCUT2D eigenvalue weighted by atomic mass is 16.5. The van der Waals surface area contributed by atoms with Gasteiger partial charge in [0.05, 0.1) is 5.69 Å². The van der Waals surface area contributed by atoms with Crippen LogP contribution in [0.5, 0.6) is 5.75 Å². The van der Waals surface area contributed by atoms with Crippen molar-refractivity contribution in [2.24, 2.45) is 0 Å². The monoisotopic (exact) mass is 207 g/mol. The lowest BCUT2D eigenvalue weighted by Gasteiger charge is -2.27. The molecule has 2 N–H and O–H groups in total. The summed E-state index contributed by atoms with van der Waals surface area (Å²) < 4.78 is 5.19. The normalized spacial score (nSPS) is 14.6. The van der Waals surface area contributed by atoms with Crippen LogP contribution in [0.3, 0.4) is 0 Å². The Hall–Kier alpha value is -1.53. The lowest BCUT2D eigenvalue weighted by molar-refractivity contribution is -0.120. The molecule has 0 aromatic heterocycles.